The Bertz CT molecular complexity index is 967. The van der Waals surface area contributed by atoms with Crippen molar-refractivity contribution >= 4 is 29.0 Å². The van der Waals surface area contributed by atoms with Crippen LogP contribution in [0, 0.1) is 0 Å². The Morgan fingerprint density at radius 2 is 1.89 bits per heavy atom. The molecule has 0 bridgehead atoms. The summed E-state index contributed by atoms with van der Waals surface area (Å²) < 4.78 is 0. The first-order valence-corrected chi connectivity index (χ1v) is 10.2. The fourth-order valence-corrected chi connectivity index (χ4v) is 4.20. The van der Waals surface area contributed by atoms with E-state index >= 15 is 0 Å². The molecule has 3 aromatic rings. The minimum Gasteiger partial charge on any atom is -0.338 e. The summed E-state index contributed by atoms with van der Waals surface area (Å²) in [6.45, 7) is 1.39. The summed E-state index contributed by atoms with van der Waals surface area (Å²) in [5, 5.41) is 4.84. The van der Waals surface area contributed by atoms with Gasteiger partial charge in [-0.15, -0.1) is 11.3 Å². The quantitative estimate of drug-likeness (QED) is 0.712. The first kappa shape index (κ1) is 18.4. The van der Waals surface area contributed by atoms with Crippen molar-refractivity contribution in [2.75, 3.05) is 11.9 Å². The molecule has 3 heterocycles. The number of hydrogen-bond donors (Lipinski definition) is 1. The lowest BCUT2D eigenvalue weighted by Crippen LogP contribution is -2.35. The Kier molecular flexibility index (Phi) is 5.48. The average molecular weight is 391 g/mol. The maximum absolute atomic E-state index is 12.4. The summed E-state index contributed by atoms with van der Waals surface area (Å²) in [5.74, 6) is 0.332. The van der Waals surface area contributed by atoms with Crippen LogP contribution < -0.4 is 5.32 Å². The molecule has 1 aliphatic heterocycles. The van der Waals surface area contributed by atoms with Gasteiger partial charge < -0.3 is 10.2 Å². The summed E-state index contributed by atoms with van der Waals surface area (Å²) in [4.78, 5) is 32.1. The van der Waals surface area contributed by atoms with Gasteiger partial charge >= 0.3 is 0 Å². The Hall–Kier alpha value is -2.99. The first-order valence-electron chi connectivity index (χ1n) is 9.33. The number of fused-ring (bicyclic) bond motifs is 1. The van der Waals surface area contributed by atoms with Crippen LogP contribution in [-0.2, 0) is 22.6 Å². The van der Waals surface area contributed by atoms with Crippen molar-refractivity contribution in [2.24, 2.45) is 0 Å². The third-order valence-corrected chi connectivity index (χ3v) is 5.89. The number of pyridine rings is 1. The van der Waals surface area contributed by atoms with E-state index in [1.807, 2.05) is 41.3 Å². The number of benzene rings is 1. The molecule has 2 amide bonds. The summed E-state index contributed by atoms with van der Waals surface area (Å²) in [5.41, 5.74) is 3.30. The predicted molar refractivity (Wildman–Crippen MR) is 111 cm³/mol. The van der Waals surface area contributed by atoms with Crippen LogP contribution in [0.2, 0.25) is 0 Å². The van der Waals surface area contributed by atoms with E-state index in [1.165, 1.54) is 10.4 Å². The third-order valence-electron chi connectivity index (χ3n) is 4.86. The van der Waals surface area contributed by atoms with Crippen LogP contribution in [0.3, 0.4) is 0 Å². The summed E-state index contributed by atoms with van der Waals surface area (Å²) in [6, 6.07) is 15.7. The van der Waals surface area contributed by atoms with Crippen molar-refractivity contribution in [3.8, 4) is 11.1 Å². The van der Waals surface area contributed by atoms with Crippen molar-refractivity contribution in [3.63, 3.8) is 0 Å². The summed E-state index contributed by atoms with van der Waals surface area (Å²) >= 11 is 1.75. The van der Waals surface area contributed by atoms with Crippen LogP contribution in [0.5, 0.6) is 0 Å². The van der Waals surface area contributed by atoms with Gasteiger partial charge in [0.15, 0.2) is 0 Å². The zero-order valence-corrected chi connectivity index (χ0v) is 16.2. The van der Waals surface area contributed by atoms with Crippen LogP contribution in [0.25, 0.3) is 11.1 Å². The average Bonchev–Trinajstić information content (AvgIpc) is 3.21. The zero-order chi connectivity index (χ0) is 19.3. The minimum absolute atomic E-state index is 0.0272. The number of carbonyl (C=O) groups excluding carboxylic acids is 2. The van der Waals surface area contributed by atoms with Crippen molar-refractivity contribution in [1.29, 1.82) is 0 Å². The third kappa shape index (κ3) is 4.28. The van der Waals surface area contributed by atoms with Crippen molar-refractivity contribution in [1.82, 2.24) is 9.88 Å². The molecule has 0 fully saturated rings. The van der Waals surface area contributed by atoms with E-state index in [2.05, 4.69) is 21.7 Å². The molecule has 2 aromatic heterocycles. The SMILES string of the molecule is O=C(CCC(=O)N1CCc2sccc2C1)Nc1ccc(-c2ccccc2)cn1. The van der Waals surface area contributed by atoms with Gasteiger partial charge in [0.1, 0.15) is 5.82 Å². The van der Waals surface area contributed by atoms with Gasteiger partial charge in [0.05, 0.1) is 0 Å². The second-order valence-electron chi connectivity index (χ2n) is 6.78. The number of amides is 2. The number of rotatable bonds is 5. The number of carbonyl (C=O) groups is 2. The number of aromatic nitrogens is 1. The van der Waals surface area contributed by atoms with Gasteiger partial charge in [0.2, 0.25) is 11.8 Å². The fraction of sp³-hybridized carbons (Fsp3) is 0.227. The highest BCUT2D eigenvalue weighted by Crippen LogP contribution is 2.24. The van der Waals surface area contributed by atoms with Gasteiger partial charge in [-0.1, -0.05) is 30.3 Å². The lowest BCUT2D eigenvalue weighted by Gasteiger charge is -2.27. The second kappa shape index (κ2) is 8.35. The number of anilines is 1. The van der Waals surface area contributed by atoms with E-state index in [0.29, 0.717) is 12.4 Å². The normalized spacial score (nSPS) is 13.1. The highest BCUT2D eigenvalue weighted by atomic mass is 32.1. The molecule has 28 heavy (non-hydrogen) atoms. The molecule has 0 saturated heterocycles. The lowest BCUT2D eigenvalue weighted by atomic mass is 10.1. The molecule has 1 aliphatic rings. The highest BCUT2D eigenvalue weighted by molar-refractivity contribution is 7.10. The molecule has 0 atom stereocenters. The Labute approximate surface area is 168 Å². The highest BCUT2D eigenvalue weighted by Gasteiger charge is 2.21. The smallest absolute Gasteiger partial charge is 0.226 e. The van der Waals surface area contributed by atoms with Crippen molar-refractivity contribution < 1.29 is 9.59 Å². The van der Waals surface area contributed by atoms with Gasteiger partial charge in [0.25, 0.3) is 0 Å². The Balaban J connectivity index is 1.27. The van der Waals surface area contributed by atoms with E-state index in [9.17, 15) is 9.59 Å². The standard InChI is InChI=1S/C22H21N3O2S/c26-21(8-9-22(27)25-12-10-19-18(15-25)11-13-28-19)24-20-7-6-17(14-23-20)16-4-2-1-3-5-16/h1-7,11,13-14H,8-10,12,15H2,(H,23,24,26). The van der Waals surface area contributed by atoms with E-state index in [-0.39, 0.29) is 24.7 Å². The molecule has 1 aromatic carbocycles. The van der Waals surface area contributed by atoms with Gasteiger partial charge in [-0.25, -0.2) is 4.98 Å². The minimum atomic E-state index is -0.193. The van der Waals surface area contributed by atoms with Crippen LogP contribution in [0.4, 0.5) is 5.82 Å². The van der Waals surface area contributed by atoms with E-state index in [0.717, 1.165) is 24.1 Å². The van der Waals surface area contributed by atoms with E-state index in [4.69, 9.17) is 0 Å². The fourth-order valence-electron chi connectivity index (χ4n) is 3.31. The molecule has 0 radical (unpaired) electrons. The zero-order valence-electron chi connectivity index (χ0n) is 15.4. The molecule has 0 unspecified atom stereocenters. The number of nitrogens with one attached hydrogen (secondary N) is 1. The van der Waals surface area contributed by atoms with E-state index < -0.39 is 0 Å². The van der Waals surface area contributed by atoms with Crippen LogP contribution >= 0.6 is 11.3 Å². The Morgan fingerprint density at radius 1 is 1.04 bits per heavy atom. The monoisotopic (exact) mass is 391 g/mol. The number of hydrogen-bond acceptors (Lipinski definition) is 4. The second-order valence-corrected chi connectivity index (χ2v) is 7.78. The molecule has 4 rings (SSSR count). The molecule has 1 N–H and O–H groups in total. The molecule has 142 valence electrons. The van der Waals surface area contributed by atoms with E-state index in [1.54, 1.807) is 23.6 Å². The lowest BCUT2D eigenvalue weighted by molar-refractivity contribution is -0.133. The maximum Gasteiger partial charge on any atom is 0.226 e. The number of nitrogens with zero attached hydrogens (tertiary/aromatic N) is 2. The molecule has 5 nitrogen and oxygen atoms in total. The topological polar surface area (TPSA) is 62.3 Å². The molecular formula is C22H21N3O2S. The van der Waals surface area contributed by atoms with Gasteiger partial charge in [0, 0.05) is 42.6 Å². The molecule has 0 saturated carbocycles. The van der Waals surface area contributed by atoms with Gasteiger partial charge in [-0.3, -0.25) is 9.59 Å². The molecule has 6 heteroatoms. The van der Waals surface area contributed by atoms with Crippen molar-refractivity contribution in [3.05, 3.63) is 70.5 Å². The first-order chi connectivity index (χ1) is 13.7. The predicted octanol–water partition coefficient (Wildman–Crippen LogP) is 4.11. The maximum atomic E-state index is 12.4. The molecular weight excluding hydrogens is 370 g/mol. The molecule has 0 spiro atoms. The number of thiophene rings is 1. The summed E-state index contributed by atoms with van der Waals surface area (Å²) in [7, 11) is 0. The van der Waals surface area contributed by atoms with Gasteiger partial charge in [-0.05, 0) is 41.1 Å². The Morgan fingerprint density at radius 3 is 2.68 bits per heavy atom. The molecule has 0 aliphatic carbocycles. The van der Waals surface area contributed by atoms with Crippen molar-refractivity contribution in [2.45, 2.75) is 25.8 Å². The summed E-state index contributed by atoms with van der Waals surface area (Å²) in [6.07, 6.45) is 3.02. The largest absolute Gasteiger partial charge is 0.338 e. The van der Waals surface area contributed by atoms with Crippen LogP contribution in [0.1, 0.15) is 23.3 Å². The van der Waals surface area contributed by atoms with Crippen LogP contribution in [-0.4, -0.2) is 28.2 Å². The van der Waals surface area contributed by atoms with Gasteiger partial charge in [-0.2, -0.15) is 0 Å². The van der Waals surface area contributed by atoms with Crippen LogP contribution in [0.15, 0.2) is 60.1 Å².